The molecule has 3 rings (SSSR count). The number of rotatable bonds is 4. The molecule has 3 heteroatoms. The quantitative estimate of drug-likeness (QED) is 0.726. The summed E-state index contributed by atoms with van der Waals surface area (Å²) in [4.78, 5) is 0.764. The number of nitrogens with one attached hydrogen (secondary N) is 1. The first-order chi connectivity index (χ1) is 10.8. The molecule has 0 aromatic heterocycles. The molecule has 0 bridgehead atoms. The minimum atomic E-state index is 0.680. The van der Waals surface area contributed by atoms with E-state index in [1.807, 2.05) is 36.4 Å². The molecule has 0 amide bonds. The van der Waals surface area contributed by atoms with Crippen LogP contribution in [0.25, 0.3) is 10.8 Å². The van der Waals surface area contributed by atoms with E-state index in [0.717, 1.165) is 21.9 Å². The SMILES string of the molecule is COc1cccc(CNC(=S)c2cccc3ccccc23)c1. The predicted molar refractivity (Wildman–Crippen MR) is 95.5 cm³/mol. The first-order valence-electron chi connectivity index (χ1n) is 7.17. The molecular weight excluding hydrogens is 290 g/mol. The fourth-order valence-corrected chi connectivity index (χ4v) is 2.73. The Morgan fingerprint density at radius 2 is 1.77 bits per heavy atom. The standard InChI is InChI=1S/C19H17NOS/c1-21-16-9-4-6-14(12-16)13-20-19(22)18-11-5-8-15-7-2-3-10-17(15)18/h2-12H,13H2,1H3,(H,20,22). The molecule has 0 aliphatic heterocycles. The van der Waals surface area contributed by atoms with E-state index in [0.29, 0.717) is 6.54 Å². The summed E-state index contributed by atoms with van der Waals surface area (Å²) in [6.07, 6.45) is 0. The van der Waals surface area contributed by atoms with E-state index >= 15 is 0 Å². The Morgan fingerprint density at radius 3 is 2.64 bits per heavy atom. The van der Waals surface area contributed by atoms with Gasteiger partial charge in [0, 0.05) is 12.1 Å². The van der Waals surface area contributed by atoms with Gasteiger partial charge < -0.3 is 10.1 Å². The minimum Gasteiger partial charge on any atom is -0.497 e. The third-order valence-corrected chi connectivity index (χ3v) is 3.99. The van der Waals surface area contributed by atoms with Gasteiger partial charge in [0.15, 0.2) is 0 Å². The molecule has 1 N–H and O–H groups in total. The van der Waals surface area contributed by atoms with Crippen LogP contribution in [-0.4, -0.2) is 12.1 Å². The van der Waals surface area contributed by atoms with Gasteiger partial charge in [-0.05, 0) is 28.5 Å². The van der Waals surface area contributed by atoms with Gasteiger partial charge in [0.1, 0.15) is 10.7 Å². The van der Waals surface area contributed by atoms with E-state index in [1.165, 1.54) is 10.8 Å². The van der Waals surface area contributed by atoms with Gasteiger partial charge in [-0.15, -0.1) is 0 Å². The van der Waals surface area contributed by atoms with Crippen molar-refractivity contribution in [2.45, 2.75) is 6.54 Å². The highest BCUT2D eigenvalue weighted by Crippen LogP contribution is 2.19. The summed E-state index contributed by atoms with van der Waals surface area (Å²) >= 11 is 5.57. The Labute approximate surface area is 135 Å². The van der Waals surface area contributed by atoms with Crippen LogP contribution in [0.5, 0.6) is 5.75 Å². The van der Waals surface area contributed by atoms with Crippen LogP contribution in [0.2, 0.25) is 0 Å². The van der Waals surface area contributed by atoms with Gasteiger partial charge in [-0.2, -0.15) is 0 Å². The van der Waals surface area contributed by atoms with Crippen molar-refractivity contribution >= 4 is 28.0 Å². The molecule has 22 heavy (non-hydrogen) atoms. The molecule has 0 unspecified atom stereocenters. The zero-order valence-corrected chi connectivity index (χ0v) is 13.2. The van der Waals surface area contributed by atoms with Crippen molar-refractivity contribution in [3.63, 3.8) is 0 Å². The molecule has 0 atom stereocenters. The van der Waals surface area contributed by atoms with Crippen LogP contribution < -0.4 is 10.1 Å². The topological polar surface area (TPSA) is 21.3 Å². The highest BCUT2D eigenvalue weighted by atomic mass is 32.1. The summed E-state index contributed by atoms with van der Waals surface area (Å²) < 4.78 is 5.24. The molecule has 0 spiro atoms. The molecule has 0 saturated carbocycles. The van der Waals surface area contributed by atoms with Crippen molar-refractivity contribution in [2.75, 3.05) is 7.11 Å². The Hall–Kier alpha value is -2.39. The number of methoxy groups -OCH3 is 1. The molecule has 3 aromatic rings. The maximum Gasteiger partial charge on any atom is 0.119 e. The lowest BCUT2D eigenvalue weighted by atomic mass is 10.0. The molecule has 0 saturated heterocycles. The van der Waals surface area contributed by atoms with Gasteiger partial charge in [0.25, 0.3) is 0 Å². The third kappa shape index (κ3) is 3.10. The highest BCUT2D eigenvalue weighted by Gasteiger charge is 2.06. The van der Waals surface area contributed by atoms with Gasteiger partial charge in [0.05, 0.1) is 7.11 Å². The number of benzene rings is 3. The van der Waals surface area contributed by atoms with E-state index in [4.69, 9.17) is 17.0 Å². The van der Waals surface area contributed by atoms with Crippen molar-refractivity contribution < 1.29 is 4.74 Å². The Morgan fingerprint density at radius 1 is 1.00 bits per heavy atom. The Bertz CT molecular complexity index is 808. The smallest absolute Gasteiger partial charge is 0.119 e. The second kappa shape index (κ2) is 6.58. The van der Waals surface area contributed by atoms with Gasteiger partial charge >= 0.3 is 0 Å². The van der Waals surface area contributed by atoms with E-state index in [9.17, 15) is 0 Å². The van der Waals surface area contributed by atoms with E-state index in [2.05, 4.69) is 35.6 Å². The lowest BCUT2D eigenvalue weighted by Crippen LogP contribution is -2.21. The van der Waals surface area contributed by atoms with Gasteiger partial charge in [0.2, 0.25) is 0 Å². The number of hydrogen-bond acceptors (Lipinski definition) is 2. The van der Waals surface area contributed by atoms with Gasteiger partial charge in [-0.3, -0.25) is 0 Å². The van der Waals surface area contributed by atoms with Crippen LogP contribution in [0.1, 0.15) is 11.1 Å². The van der Waals surface area contributed by atoms with Crippen LogP contribution in [0, 0.1) is 0 Å². The summed E-state index contributed by atoms with van der Waals surface area (Å²) in [6, 6.07) is 22.5. The zero-order chi connectivity index (χ0) is 15.4. The summed E-state index contributed by atoms with van der Waals surface area (Å²) in [7, 11) is 1.67. The van der Waals surface area contributed by atoms with Crippen molar-refractivity contribution in [1.82, 2.24) is 5.32 Å². The van der Waals surface area contributed by atoms with Crippen LogP contribution in [0.3, 0.4) is 0 Å². The molecule has 110 valence electrons. The average Bonchev–Trinajstić information content (AvgIpc) is 2.59. The molecule has 0 aliphatic rings. The predicted octanol–water partition coefficient (Wildman–Crippen LogP) is 4.31. The normalized spacial score (nSPS) is 10.4. The fraction of sp³-hybridized carbons (Fsp3) is 0.105. The summed E-state index contributed by atoms with van der Waals surface area (Å²) in [5, 5.41) is 5.71. The monoisotopic (exact) mass is 307 g/mol. The minimum absolute atomic E-state index is 0.680. The molecule has 0 aliphatic carbocycles. The summed E-state index contributed by atoms with van der Waals surface area (Å²) in [5.41, 5.74) is 2.21. The summed E-state index contributed by atoms with van der Waals surface area (Å²) in [6.45, 7) is 0.680. The maximum absolute atomic E-state index is 5.57. The molecular formula is C19H17NOS. The van der Waals surface area contributed by atoms with Gasteiger partial charge in [-0.1, -0.05) is 66.8 Å². The first kappa shape index (κ1) is 14.5. The molecule has 0 heterocycles. The van der Waals surface area contributed by atoms with Gasteiger partial charge in [-0.25, -0.2) is 0 Å². The third-order valence-electron chi connectivity index (χ3n) is 3.62. The molecule has 0 fully saturated rings. The number of fused-ring (bicyclic) bond motifs is 1. The highest BCUT2D eigenvalue weighted by molar-refractivity contribution is 7.80. The zero-order valence-electron chi connectivity index (χ0n) is 12.4. The second-order valence-electron chi connectivity index (χ2n) is 5.06. The Kier molecular flexibility index (Phi) is 4.35. The van der Waals surface area contributed by atoms with E-state index in [1.54, 1.807) is 7.11 Å². The fourth-order valence-electron chi connectivity index (χ4n) is 2.48. The average molecular weight is 307 g/mol. The maximum atomic E-state index is 5.57. The van der Waals surface area contributed by atoms with Crippen LogP contribution in [0.4, 0.5) is 0 Å². The van der Waals surface area contributed by atoms with Crippen molar-refractivity contribution in [3.05, 3.63) is 77.9 Å². The van der Waals surface area contributed by atoms with E-state index in [-0.39, 0.29) is 0 Å². The van der Waals surface area contributed by atoms with Crippen LogP contribution in [0.15, 0.2) is 66.7 Å². The molecule has 0 radical (unpaired) electrons. The lowest BCUT2D eigenvalue weighted by Gasteiger charge is -2.11. The van der Waals surface area contributed by atoms with Crippen molar-refractivity contribution in [2.24, 2.45) is 0 Å². The lowest BCUT2D eigenvalue weighted by molar-refractivity contribution is 0.414. The Balaban J connectivity index is 1.79. The van der Waals surface area contributed by atoms with E-state index < -0.39 is 0 Å². The first-order valence-corrected chi connectivity index (χ1v) is 7.57. The number of thiocarbonyl (C=S) groups is 1. The van der Waals surface area contributed by atoms with Crippen molar-refractivity contribution in [3.8, 4) is 5.75 Å². The largest absolute Gasteiger partial charge is 0.497 e. The van der Waals surface area contributed by atoms with Crippen LogP contribution >= 0.6 is 12.2 Å². The second-order valence-corrected chi connectivity index (χ2v) is 5.47. The van der Waals surface area contributed by atoms with Crippen LogP contribution in [-0.2, 0) is 6.54 Å². The molecule has 3 aromatic carbocycles. The number of hydrogen-bond donors (Lipinski definition) is 1. The van der Waals surface area contributed by atoms with Crippen molar-refractivity contribution in [1.29, 1.82) is 0 Å². The number of ether oxygens (including phenoxy) is 1. The molecule has 2 nitrogen and oxygen atoms in total. The summed E-state index contributed by atoms with van der Waals surface area (Å²) in [5.74, 6) is 0.857.